The zero-order chi connectivity index (χ0) is 12.4. The Hall–Kier alpha value is -0.770. The highest BCUT2D eigenvalue weighted by Crippen LogP contribution is 1.87. The maximum absolute atomic E-state index is 4.18. The van der Waals surface area contributed by atoms with Crippen molar-refractivity contribution in [3.05, 3.63) is 0 Å². The molecule has 2 N–H and O–H groups in total. The van der Waals surface area contributed by atoms with Crippen LogP contribution in [0.2, 0.25) is 0 Å². The normalized spacial score (nSPS) is 12.3. The fraction of sp³-hybridized carbons (Fsp3) is 0.917. The number of hydrogen-bond acceptors (Lipinski definition) is 2. The van der Waals surface area contributed by atoms with Crippen LogP contribution in [0.3, 0.4) is 0 Å². The average molecular weight is 228 g/mol. The second-order valence-electron chi connectivity index (χ2n) is 4.30. The van der Waals surface area contributed by atoms with Crippen LogP contribution in [0.15, 0.2) is 4.99 Å². The molecule has 0 bridgehead atoms. The van der Waals surface area contributed by atoms with Crippen LogP contribution in [0, 0.1) is 5.92 Å². The molecule has 0 radical (unpaired) electrons. The van der Waals surface area contributed by atoms with Gasteiger partial charge >= 0.3 is 0 Å². The molecule has 0 aliphatic rings. The molecule has 0 aromatic rings. The topological polar surface area (TPSA) is 39.7 Å². The van der Waals surface area contributed by atoms with Gasteiger partial charge in [-0.25, -0.2) is 0 Å². The zero-order valence-corrected chi connectivity index (χ0v) is 11.5. The van der Waals surface area contributed by atoms with Gasteiger partial charge in [0.05, 0.1) is 0 Å². The highest BCUT2D eigenvalue weighted by atomic mass is 15.2. The van der Waals surface area contributed by atoms with Crippen LogP contribution in [0.1, 0.15) is 27.7 Å². The summed E-state index contributed by atoms with van der Waals surface area (Å²) in [6, 6.07) is 0. The van der Waals surface area contributed by atoms with Crippen molar-refractivity contribution in [1.29, 1.82) is 0 Å². The minimum Gasteiger partial charge on any atom is -0.356 e. The number of aliphatic imine (C=N–C) groups is 1. The molecule has 96 valence electrons. The van der Waals surface area contributed by atoms with Crippen molar-refractivity contribution in [3.63, 3.8) is 0 Å². The van der Waals surface area contributed by atoms with E-state index in [1.165, 1.54) is 0 Å². The molecule has 0 aromatic carbocycles. The molecule has 0 aliphatic heterocycles. The van der Waals surface area contributed by atoms with Gasteiger partial charge in [-0.1, -0.05) is 27.7 Å². The molecule has 0 aliphatic carbocycles. The molecule has 0 spiro atoms. The zero-order valence-electron chi connectivity index (χ0n) is 11.5. The molecule has 0 unspecified atom stereocenters. The van der Waals surface area contributed by atoms with Gasteiger partial charge in [-0.15, -0.1) is 0 Å². The minimum absolute atomic E-state index is 0.640. The Morgan fingerprint density at radius 3 is 2.25 bits per heavy atom. The van der Waals surface area contributed by atoms with Gasteiger partial charge in [-0.2, -0.15) is 0 Å². The van der Waals surface area contributed by atoms with E-state index in [1.807, 2.05) is 7.05 Å². The summed E-state index contributed by atoms with van der Waals surface area (Å²) in [5.74, 6) is 1.54. The number of nitrogens with one attached hydrogen (secondary N) is 2. The summed E-state index contributed by atoms with van der Waals surface area (Å²) < 4.78 is 0. The minimum atomic E-state index is 0.640. The highest BCUT2D eigenvalue weighted by molar-refractivity contribution is 5.79. The van der Waals surface area contributed by atoms with E-state index in [1.54, 1.807) is 0 Å². The van der Waals surface area contributed by atoms with E-state index in [0.29, 0.717) is 5.92 Å². The molecule has 0 rings (SSSR count). The lowest BCUT2D eigenvalue weighted by Crippen LogP contribution is -2.42. The van der Waals surface area contributed by atoms with Gasteiger partial charge in [-0.3, -0.25) is 4.99 Å². The van der Waals surface area contributed by atoms with Gasteiger partial charge in [0, 0.05) is 26.7 Å². The van der Waals surface area contributed by atoms with Gasteiger partial charge < -0.3 is 15.5 Å². The quantitative estimate of drug-likeness (QED) is 0.507. The van der Waals surface area contributed by atoms with E-state index < -0.39 is 0 Å². The fourth-order valence-corrected chi connectivity index (χ4v) is 1.39. The highest BCUT2D eigenvalue weighted by Gasteiger charge is 2.01. The second-order valence-corrected chi connectivity index (χ2v) is 4.30. The third-order valence-corrected chi connectivity index (χ3v) is 2.52. The predicted molar refractivity (Wildman–Crippen MR) is 72.0 cm³/mol. The van der Waals surface area contributed by atoms with Gasteiger partial charge in [-0.05, 0) is 19.0 Å². The first-order valence-electron chi connectivity index (χ1n) is 6.30. The van der Waals surface area contributed by atoms with Gasteiger partial charge in [0.15, 0.2) is 5.96 Å². The molecule has 0 aromatic heterocycles. The lowest BCUT2D eigenvalue weighted by molar-refractivity contribution is 0.308. The van der Waals surface area contributed by atoms with Crippen molar-refractivity contribution in [1.82, 2.24) is 15.5 Å². The maximum Gasteiger partial charge on any atom is 0.191 e. The predicted octanol–water partition coefficient (Wildman–Crippen LogP) is 1.15. The van der Waals surface area contributed by atoms with E-state index >= 15 is 0 Å². The Kier molecular flexibility index (Phi) is 9.00. The van der Waals surface area contributed by atoms with Crippen LogP contribution in [0.25, 0.3) is 0 Å². The largest absolute Gasteiger partial charge is 0.356 e. The van der Waals surface area contributed by atoms with Crippen LogP contribution in [-0.4, -0.2) is 50.6 Å². The second kappa shape index (κ2) is 9.46. The summed E-state index contributed by atoms with van der Waals surface area (Å²) >= 11 is 0. The van der Waals surface area contributed by atoms with Gasteiger partial charge in [0.25, 0.3) is 0 Å². The van der Waals surface area contributed by atoms with Crippen LogP contribution >= 0.6 is 0 Å². The Balaban J connectivity index is 3.71. The first-order chi connectivity index (χ1) is 7.63. The van der Waals surface area contributed by atoms with Crippen LogP contribution in [0.5, 0.6) is 0 Å². The molecule has 16 heavy (non-hydrogen) atoms. The van der Waals surface area contributed by atoms with Crippen molar-refractivity contribution < 1.29 is 0 Å². The molecule has 0 saturated carbocycles. The summed E-state index contributed by atoms with van der Waals surface area (Å²) in [6.07, 6.45) is 0. The Morgan fingerprint density at radius 1 is 1.19 bits per heavy atom. The smallest absolute Gasteiger partial charge is 0.191 e. The van der Waals surface area contributed by atoms with E-state index in [0.717, 1.165) is 38.7 Å². The van der Waals surface area contributed by atoms with E-state index in [-0.39, 0.29) is 0 Å². The first-order valence-corrected chi connectivity index (χ1v) is 6.30. The van der Waals surface area contributed by atoms with Crippen molar-refractivity contribution in [2.45, 2.75) is 27.7 Å². The van der Waals surface area contributed by atoms with Crippen molar-refractivity contribution >= 4 is 5.96 Å². The number of guanidine groups is 1. The fourth-order valence-electron chi connectivity index (χ4n) is 1.39. The number of likely N-dealkylation sites (N-methyl/N-ethyl adjacent to an activating group) is 1. The molecular weight excluding hydrogens is 200 g/mol. The average Bonchev–Trinajstić information content (AvgIpc) is 2.28. The molecule has 4 nitrogen and oxygen atoms in total. The number of nitrogens with zero attached hydrogens (tertiary/aromatic N) is 2. The van der Waals surface area contributed by atoms with Crippen LogP contribution < -0.4 is 10.6 Å². The Bertz CT molecular complexity index is 185. The van der Waals surface area contributed by atoms with Crippen molar-refractivity contribution in [3.8, 4) is 0 Å². The van der Waals surface area contributed by atoms with Crippen molar-refractivity contribution in [2.75, 3.05) is 39.8 Å². The van der Waals surface area contributed by atoms with E-state index in [2.05, 4.69) is 48.2 Å². The monoisotopic (exact) mass is 228 g/mol. The lowest BCUT2D eigenvalue weighted by Gasteiger charge is -2.19. The van der Waals surface area contributed by atoms with Crippen molar-refractivity contribution in [2.24, 2.45) is 10.9 Å². The lowest BCUT2D eigenvalue weighted by atomic mass is 10.2. The summed E-state index contributed by atoms with van der Waals surface area (Å²) in [4.78, 5) is 6.58. The van der Waals surface area contributed by atoms with Crippen LogP contribution in [0.4, 0.5) is 0 Å². The van der Waals surface area contributed by atoms with Gasteiger partial charge in [0.1, 0.15) is 0 Å². The first kappa shape index (κ1) is 15.2. The summed E-state index contributed by atoms with van der Waals surface area (Å²) in [5, 5.41) is 6.62. The molecule has 4 heteroatoms. The van der Waals surface area contributed by atoms with Crippen LogP contribution in [-0.2, 0) is 0 Å². The Morgan fingerprint density at radius 2 is 1.81 bits per heavy atom. The molecule has 0 amide bonds. The SMILES string of the molecule is CCN(CC)CCNC(=NC)NCC(C)C. The molecule has 0 atom stereocenters. The molecule has 0 saturated heterocycles. The summed E-state index contributed by atoms with van der Waals surface area (Å²) in [5.41, 5.74) is 0. The standard InChI is InChI=1S/C12H28N4/c1-6-16(7-2)9-8-14-12(13-5)15-10-11(3)4/h11H,6-10H2,1-5H3,(H2,13,14,15). The van der Waals surface area contributed by atoms with E-state index in [4.69, 9.17) is 0 Å². The summed E-state index contributed by atoms with van der Waals surface area (Å²) in [7, 11) is 1.81. The third kappa shape index (κ3) is 7.51. The number of rotatable bonds is 7. The third-order valence-electron chi connectivity index (χ3n) is 2.52. The van der Waals surface area contributed by atoms with E-state index in [9.17, 15) is 0 Å². The molecule has 0 fully saturated rings. The van der Waals surface area contributed by atoms with Gasteiger partial charge in [0.2, 0.25) is 0 Å². The Labute approximate surface area is 101 Å². The molecular formula is C12H28N4. The maximum atomic E-state index is 4.18. The summed E-state index contributed by atoms with van der Waals surface area (Å²) in [6.45, 7) is 13.9. The molecule has 0 heterocycles. The number of hydrogen-bond donors (Lipinski definition) is 2.